The van der Waals surface area contributed by atoms with Crippen LogP contribution >= 0.6 is 0 Å². The summed E-state index contributed by atoms with van der Waals surface area (Å²) >= 11 is 0. The van der Waals surface area contributed by atoms with Crippen molar-refractivity contribution in [1.29, 1.82) is 0 Å². The zero-order valence-corrected chi connectivity index (χ0v) is 17.6. The lowest BCUT2D eigenvalue weighted by atomic mass is 9.60. The number of benzene rings is 3. The molecule has 3 aliphatic rings. The average Bonchev–Trinajstić information content (AvgIpc) is 3.45. The molecule has 146 valence electrons. The normalized spacial score (nSPS) is 14.8. The summed E-state index contributed by atoms with van der Waals surface area (Å²) in [5, 5.41) is 2.70. The maximum absolute atomic E-state index is 2.60. The van der Waals surface area contributed by atoms with Gasteiger partial charge in [-0.15, -0.1) is 0 Å². The van der Waals surface area contributed by atoms with E-state index in [1.54, 1.807) is 0 Å². The number of anilines is 2. The van der Waals surface area contributed by atoms with E-state index in [9.17, 15) is 0 Å². The van der Waals surface area contributed by atoms with Gasteiger partial charge in [-0.05, 0) is 29.6 Å². The molecule has 3 aliphatic heterocycles. The molecular formula is C27H21BN3+. The third-order valence-corrected chi connectivity index (χ3v) is 7.56. The summed E-state index contributed by atoms with van der Waals surface area (Å²) in [5.41, 5.74) is 12.5. The molecule has 5 heterocycles. The summed E-state index contributed by atoms with van der Waals surface area (Å²) in [7, 11) is 0. The highest BCUT2D eigenvalue weighted by Crippen LogP contribution is 2.49. The van der Waals surface area contributed by atoms with Crippen LogP contribution in [0.3, 0.4) is 0 Å². The molecule has 0 N–H and O–H groups in total. The number of pyridine rings is 1. The van der Waals surface area contributed by atoms with Crippen molar-refractivity contribution >= 4 is 45.6 Å². The summed E-state index contributed by atoms with van der Waals surface area (Å²) in [6.07, 6.45) is 2.37. The number of para-hydroxylation sites is 2. The standard InChI is InChI=1S/C27H21BN3/c1-16(2)18-13-24-27-25-17(14-29(27)15-18)7-5-10-21(25)28-30(24)23-12-6-9-20-19-8-3-4-11-22(19)31(28)26(20)23/h3-13,15-16H,14H2,1-2H3/q+1. The van der Waals surface area contributed by atoms with E-state index in [-0.39, 0.29) is 6.98 Å². The van der Waals surface area contributed by atoms with Crippen LogP contribution in [0.4, 0.5) is 11.4 Å². The molecule has 5 aromatic rings. The van der Waals surface area contributed by atoms with Crippen molar-refractivity contribution in [3.8, 4) is 11.3 Å². The molecule has 0 saturated carbocycles. The van der Waals surface area contributed by atoms with Crippen LogP contribution < -0.4 is 14.8 Å². The Bertz CT molecular complexity index is 1610. The van der Waals surface area contributed by atoms with Crippen molar-refractivity contribution < 1.29 is 4.57 Å². The van der Waals surface area contributed by atoms with Crippen LogP contribution in [0.2, 0.25) is 0 Å². The molecule has 0 radical (unpaired) electrons. The lowest BCUT2D eigenvalue weighted by Crippen LogP contribution is -2.53. The minimum Gasteiger partial charge on any atom is -0.359 e. The van der Waals surface area contributed by atoms with E-state index in [0.29, 0.717) is 5.92 Å². The van der Waals surface area contributed by atoms with Gasteiger partial charge in [0, 0.05) is 27.4 Å². The number of nitrogens with zero attached hydrogens (tertiary/aromatic N) is 3. The van der Waals surface area contributed by atoms with Gasteiger partial charge in [0.05, 0.1) is 16.8 Å². The topological polar surface area (TPSA) is 12.1 Å². The maximum atomic E-state index is 2.60. The smallest absolute Gasteiger partial charge is 0.359 e. The lowest BCUT2D eigenvalue weighted by molar-refractivity contribution is -0.672. The van der Waals surface area contributed by atoms with Crippen molar-refractivity contribution in [2.24, 2.45) is 0 Å². The van der Waals surface area contributed by atoms with E-state index in [2.05, 4.69) is 101 Å². The first-order valence-corrected chi connectivity index (χ1v) is 11.2. The number of rotatable bonds is 1. The van der Waals surface area contributed by atoms with Gasteiger partial charge in [0.25, 0.3) is 0 Å². The zero-order valence-electron chi connectivity index (χ0n) is 17.6. The molecule has 8 rings (SSSR count). The van der Waals surface area contributed by atoms with Gasteiger partial charge in [0.15, 0.2) is 12.7 Å². The van der Waals surface area contributed by atoms with E-state index in [0.717, 1.165) is 6.54 Å². The summed E-state index contributed by atoms with van der Waals surface area (Å²) < 4.78 is 5.07. The van der Waals surface area contributed by atoms with E-state index in [4.69, 9.17) is 0 Å². The Labute approximate surface area is 181 Å². The van der Waals surface area contributed by atoms with Crippen LogP contribution in [-0.2, 0) is 6.54 Å². The fourth-order valence-electron chi connectivity index (χ4n) is 6.26. The van der Waals surface area contributed by atoms with Crippen LogP contribution in [0.25, 0.3) is 33.1 Å². The number of hydrogen-bond acceptors (Lipinski definition) is 1. The van der Waals surface area contributed by atoms with Crippen molar-refractivity contribution in [2.45, 2.75) is 26.3 Å². The summed E-state index contributed by atoms with van der Waals surface area (Å²) in [5.74, 6) is 0.496. The average molecular weight is 398 g/mol. The molecule has 0 fully saturated rings. The SMILES string of the molecule is CC(C)c1cc2c3[n+](c1)Cc1cccc(c1-3)B1N2c2cccc3c4ccccc4n1c23. The first-order valence-electron chi connectivity index (χ1n) is 11.2. The summed E-state index contributed by atoms with van der Waals surface area (Å²) in [6.45, 7) is 5.72. The maximum Gasteiger partial charge on any atom is 0.421 e. The highest BCUT2D eigenvalue weighted by Gasteiger charge is 2.50. The predicted molar refractivity (Wildman–Crippen MR) is 128 cm³/mol. The fraction of sp³-hybridized carbons (Fsp3) is 0.148. The van der Waals surface area contributed by atoms with Gasteiger partial charge >= 0.3 is 6.98 Å². The van der Waals surface area contributed by atoms with Gasteiger partial charge in [-0.3, -0.25) is 0 Å². The van der Waals surface area contributed by atoms with Crippen molar-refractivity contribution in [3.63, 3.8) is 0 Å². The number of fused-ring (bicyclic) bond motifs is 8. The summed E-state index contributed by atoms with van der Waals surface area (Å²) in [6, 6.07) is 25.0. The second-order valence-electron chi connectivity index (χ2n) is 9.48. The molecule has 0 amide bonds. The van der Waals surface area contributed by atoms with Gasteiger partial charge in [-0.2, -0.15) is 4.57 Å². The molecule has 0 atom stereocenters. The Kier molecular flexibility index (Phi) is 2.72. The van der Waals surface area contributed by atoms with Gasteiger partial charge < -0.3 is 9.29 Å². The van der Waals surface area contributed by atoms with Gasteiger partial charge in [0.2, 0.25) is 5.69 Å². The molecule has 31 heavy (non-hydrogen) atoms. The minimum absolute atomic E-state index is 0.163. The molecule has 0 saturated heterocycles. The summed E-state index contributed by atoms with van der Waals surface area (Å²) in [4.78, 5) is 2.60. The van der Waals surface area contributed by atoms with E-state index in [1.165, 1.54) is 61.0 Å². The van der Waals surface area contributed by atoms with Gasteiger partial charge in [-0.1, -0.05) is 62.4 Å². The quantitative estimate of drug-likeness (QED) is 0.282. The first kappa shape index (κ1) is 16.2. The largest absolute Gasteiger partial charge is 0.421 e. The Morgan fingerprint density at radius 3 is 2.65 bits per heavy atom. The van der Waals surface area contributed by atoms with Crippen molar-refractivity contribution in [1.82, 2.24) is 4.48 Å². The van der Waals surface area contributed by atoms with Gasteiger partial charge in [-0.25, -0.2) is 0 Å². The molecule has 2 aromatic heterocycles. The van der Waals surface area contributed by atoms with Crippen molar-refractivity contribution in [2.75, 3.05) is 4.81 Å². The van der Waals surface area contributed by atoms with Crippen LogP contribution in [0.1, 0.15) is 30.9 Å². The van der Waals surface area contributed by atoms with Crippen molar-refractivity contribution in [3.05, 3.63) is 84.1 Å². The Balaban J connectivity index is 1.57. The third kappa shape index (κ3) is 1.74. The third-order valence-electron chi connectivity index (χ3n) is 7.56. The second kappa shape index (κ2) is 5.20. The Morgan fingerprint density at radius 2 is 1.74 bits per heavy atom. The molecular weight excluding hydrogens is 377 g/mol. The highest BCUT2D eigenvalue weighted by atomic mass is 15.2. The van der Waals surface area contributed by atoms with Gasteiger partial charge in [0.1, 0.15) is 5.69 Å². The van der Waals surface area contributed by atoms with E-state index in [1.807, 2.05) is 0 Å². The Morgan fingerprint density at radius 1 is 0.903 bits per heavy atom. The molecule has 4 heteroatoms. The van der Waals surface area contributed by atoms with E-state index >= 15 is 0 Å². The lowest BCUT2D eigenvalue weighted by Gasteiger charge is -2.32. The van der Waals surface area contributed by atoms with E-state index < -0.39 is 0 Å². The van der Waals surface area contributed by atoms with Crippen LogP contribution in [-0.4, -0.2) is 11.5 Å². The zero-order chi connectivity index (χ0) is 20.4. The molecule has 0 bridgehead atoms. The molecule has 0 spiro atoms. The second-order valence-corrected chi connectivity index (χ2v) is 9.48. The first-order chi connectivity index (χ1) is 15.2. The van der Waals surface area contributed by atoms with Crippen LogP contribution in [0, 0.1) is 0 Å². The molecule has 0 aliphatic carbocycles. The number of aromatic nitrogens is 2. The Hall–Kier alpha value is -3.53. The molecule has 3 aromatic carbocycles. The van der Waals surface area contributed by atoms with Crippen LogP contribution in [0.5, 0.6) is 0 Å². The fourth-order valence-corrected chi connectivity index (χ4v) is 6.26. The molecule has 3 nitrogen and oxygen atoms in total. The number of hydrogen-bond donors (Lipinski definition) is 0. The molecule has 0 unspecified atom stereocenters. The predicted octanol–water partition coefficient (Wildman–Crippen LogP) is 4.94. The highest BCUT2D eigenvalue weighted by molar-refractivity contribution is 6.82. The monoisotopic (exact) mass is 398 g/mol. The van der Waals surface area contributed by atoms with Crippen LogP contribution in [0.15, 0.2) is 72.9 Å². The minimum atomic E-state index is 0.163.